The summed E-state index contributed by atoms with van der Waals surface area (Å²) in [6.07, 6.45) is 12.6. The van der Waals surface area contributed by atoms with Gasteiger partial charge >= 0.3 is 0 Å². The summed E-state index contributed by atoms with van der Waals surface area (Å²) in [7, 11) is 0. The van der Waals surface area contributed by atoms with Gasteiger partial charge in [0.2, 0.25) is 0 Å². The molecule has 1 aliphatic rings. The van der Waals surface area contributed by atoms with Crippen molar-refractivity contribution >= 4 is 11.8 Å². The van der Waals surface area contributed by atoms with Crippen molar-refractivity contribution in [1.82, 2.24) is 9.88 Å². The Hall–Kier alpha value is -2.07. The smallest absolute Gasteiger partial charge is 0.123 e. The maximum Gasteiger partial charge on any atom is 0.123 e. The van der Waals surface area contributed by atoms with Gasteiger partial charge in [-0.3, -0.25) is 4.98 Å². The van der Waals surface area contributed by atoms with Crippen LogP contribution in [0.1, 0.15) is 30.9 Å². The number of thioether (sulfide) groups is 1. The van der Waals surface area contributed by atoms with Gasteiger partial charge in [-0.15, -0.1) is 11.8 Å². The summed E-state index contributed by atoms with van der Waals surface area (Å²) in [5.74, 6) is 0.918. The van der Waals surface area contributed by atoms with Gasteiger partial charge in [-0.05, 0) is 73.3 Å². The minimum atomic E-state index is -0.162. The zero-order chi connectivity index (χ0) is 18.9. The second-order valence-corrected chi connectivity index (χ2v) is 7.96. The number of rotatable bonds is 9. The number of hydrogen-bond donors (Lipinski definition) is 0. The molecule has 2 heterocycles. The first-order chi connectivity index (χ1) is 13.2. The summed E-state index contributed by atoms with van der Waals surface area (Å²) in [6.45, 7) is 4.26. The number of pyridine rings is 1. The molecule has 3 rings (SSSR count). The van der Waals surface area contributed by atoms with E-state index in [9.17, 15) is 4.39 Å². The van der Waals surface area contributed by atoms with Crippen LogP contribution in [0.5, 0.6) is 0 Å². The SMILES string of the molecule is CC1=C(SCCCc2ccc(F)cc2)N(CCCc2cccnc2)CC=C1. The van der Waals surface area contributed by atoms with Gasteiger partial charge in [-0.1, -0.05) is 30.4 Å². The van der Waals surface area contributed by atoms with Crippen molar-refractivity contribution in [3.8, 4) is 0 Å². The van der Waals surface area contributed by atoms with Crippen LogP contribution in [0.25, 0.3) is 0 Å². The fourth-order valence-electron chi connectivity index (χ4n) is 3.27. The van der Waals surface area contributed by atoms with Crippen molar-refractivity contribution in [3.63, 3.8) is 0 Å². The van der Waals surface area contributed by atoms with Gasteiger partial charge in [0.15, 0.2) is 0 Å². The Balaban J connectivity index is 1.45. The maximum atomic E-state index is 13.0. The average molecular weight is 383 g/mol. The van der Waals surface area contributed by atoms with Crippen LogP contribution in [0, 0.1) is 5.82 Å². The highest BCUT2D eigenvalue weighted by atomic mass is 32.2. The largest absolute Gasteiger partial charge is 0.362 e. The van der Waals surface area contributed by atoms with E-state index >= 15 is 0 Å². The van der Waals surface area contributed by atoms with Crippen molar-refractivity contribution in [3.05, 3.63) is 88.5 Å². The lowest BCUT2D eigenvalue weighted by Crippen LogP contribution is -2.26. The third kappa shape index (κ3) is 6.24. The number of allylic oxidation sites excluding steroid dienone is 2. The van der Waals surface area contributed by atoms with Crippen LogP contribution in [0.4, 0.5) is 4.39 Å². The van der Waals surface area contributed by atoms with Gasteiger partial charge in [0.05, 0.1) is 5.03 Å². The average Bonchev–Trinajstić information content (AvgIpc) is 2.69. The molecule has 0 saturated heterocycles. The van der Waals surface area contributed by atoms with E-state index in [1.54, 1.807) is 12.1 Å². The molecule has 2 nitrogen and oxygen atoms in total. The first kappa shape index (κ1) is 19.7. The molecule has 142 valence electrons. The zero-order valence-corrected chi connectivity index (χ0v) is 16.7. The molecule has 0 aliphatic carbocycles. The maximum absolute atomic E-state index is 13.0. The number of halogens is 1. The van der Waals surface area contributed by atoms with E-state index in [1.807, 2.05) is 42.4 Å². The van der Waals surface area contributed by atoms with E-state index in [0.29, 0.717) is 0 Å². The van der Waals surface area contributed by atoms with Crippen molar-refractivity contribution in [2.75, 3.05) is 18.8 Å². The Kier molecular flexibility index (Phi) is 7.52. The van der Waals surface area contributed by atoms with Crippen LogP contribution < -0.4 is 0 Å². The quantitative estimate of drug-likeness (QED) is 0.524. The van der Waals surface area contributed by atoms with E-state index in [1.165, 1.54) is 21.7 Å². The van der Waals surface area contributed by atoms with E-state index in [2.05, 4.69) is 35.0 Å². The molecule has 4 heteroatoms. The highest BCUT2D eigenvalue weighted by molar-refractivity contribution is 8.03. The summed E-state index contributed by atoms with van der Waals surface area (Å²) < 4.78 is 13.0. The van der Waals surface area contributed by atoms with Crippen molar-refractivity contribution < 1.29 is 4.39 Å². The highest BCUT2D eigenvalue weighted by Crippen LogP contribution is 2.29. The van der Waals surface area contributed by atoms with E-state index in [0.717, 1.165) is 44.5 Å². The van der Waals surface area contributed by atoms with Gasteiger partial charge in [-0.25, -0.2) is 4.39 Å². The summed E-state index contributed by atoms with van der Waals surface area (Å²) in [6, 6.07) is 11.0. The molecule has 0 fully saturated rings. The van der Waals surface area contributed by atoms with E-state index in [-0.39, 0.29) is 5.82 Å². The second kappa shape index (κ2) is 10.3. The molecule has 1 aromatic heterocycles. The lowest BCUT2D eigenvalue weighted by molar-refractivity contribution is 0.390. The molecule has 0 amide bonds. The molecule has 0 bridgehead atoms. The van der Waals surface area contributed by atoms with Gasteiger partial charge < -0.3 is 4.90 Å². The molecule has 0 unspecified atom stereocenters. The summed E-state index contributed by atoms with van der Waals surface area (Å²) in [5.41, 5.74) is 3.87. The third-order valence-electron chi connectivity index (χ3n) is 4.70. The lowest BCUT2D eigenvalue weighted by Gasteiger charge is -2.30. The van der Waals surface area contributed by atoms with Crippen LogP contribution in [0.2, 0.25) is 0 Å². The van der Waals surface area contributed by atoms with Crippen LogP contribution in [-0.4, -0.2) is 28.7 Å². The fraction of sp³-hybridized carbons (Fsp3) is 0.348. The van der Waals surface area contributed by atoms with Crippen LogP contribution >= 0.6 is 11.8 Å². The standard InChI is InChI=1S/C23H27FN2S/c1-19-6-3-15-26(16-4-8-21-7-2-14-25-18-21)23(19)27-17-5-9-20-10-12-22(24)13-11-20/h2-3,6-7,10-14,18H,4-5,8-9,15-17H2,1H3. The summed E-state index contributed by atoms with van der Waals surface area (Å²) in [5, 5.41) is 1.41. The number of nitrogens with zero attached hydrogens (tertiary/aromatic N) is 2. The molecule has 2 aromatic rings. The molecular formula is C23H27FN2S. The minimum Gasteiger partial charge on any atom is -0.362 e. The molecule has 27 heavy (non-hydrogen) atoms. The van der Waals surface area contributed by atoms with Crippen molar-refractivity contribution in [2.45, 2.75) is 32.6 Å². The first-order valence-electron chi connectivity index (χ1n) is 9.61. The second-order valence-electron chi connectivity index (χ2n) is 6.88. The lowest BCUT2D eigenvalue weighted by atomic mass is 10.1. The molecule has 0 atom stereocenters. The number of hydrogen-bond acceptors (Lipinski definition) is 3. The summed E-state index contributed by atoms with van der Waals surface area (Å²) >= 11 is 1.95. The van der Waals surface area contributed by atoms with Crippen LogP contribution in [0.3, 0.4) is 0 Å². The normalized spacial score (nSPS) is 14.1. The monoisotopic (exact) mass is 382 g/mol. The molecule has 0 saturated carbocycles. The Bertz CT molecular complexity index is 769. The predicted molar refractivity (Wildman–Crippen MR) is 113 cm³/mol. The predicted octanol–water partition coefficient (Wildman–Crippen LogP) is 5.62. The summed E-state index contributed by atoms with van der Waals surface area (Å²) in [4.78, 5) is 6.69. The zero-order valence-electron chi connectivity index (χ0n) is 15.9. The molecule has 0 spiro atoms. The van der Waals surface area contributed by atoms with E-state index < -0.39 is 0 Å². The Morgan fingerprint density at radius 1 is 1.07 bits per heavy atom. The molecular weight excluding hydrogens is 355 g/mol. The Morgan fingerprint density at radius 3 is 2.67 bits per heavy atom. The van der Waals surface area contributed by atoms with Crippen molar-refractivity contribution in [1.29, 1.82) is 0 Å². The molecule has 1 aromatic carbocycles. The highest BCUT2D eigenvalue weighted by Gasteiger charge is 2.14. The van der Waals surface area contributed by atoms with E-state index in [4.69, 9.17) is 0 Å². The number of aryl methyl sites for hydroxylation is 2. The molecule has 0 N–H and O–H groups in total. The Morgan fingerprint density at radius 2 is 1.89 bits per heavy atom. The van der Waals surface area contributed by atoms with Crippen LogP contribution in [0.15, 0.2) is 71.5 Å². The number of aromatic nitrogens is 1. The van der Waals surface area contributed by atoms with Crippen LogP contribution in [-0.2, 0) is 12.8 Å². The first-order valence-corrected chi connectivity index (χ1v) is 10.6. The van der Waals surface area contributed by atoms with Gasteiger partial charge in [0.1, 0.15) is 5.82 Å². The van der Waals surface area contributed by atoms with Gasteiger partial charge in [0, 0.05) is 25.5 Å². The Labute approximate surface area is 166 Å². The van der Waals surface area contributed by atoms with Gasteiger partial charge in [-0.2, -0.15) is 0 Å². The third-order valence-corrected chi connectivity index (χ3v) is 6.04. The fourth-order valence-corrected chi connectivity index (χ4v) is 4.40. The minimum absolute atomic E-state index is 0.162. The molecule has 1 aliphatic heterocycles. The molecule has 0 radical (unpaired) electrons. The number of benzene rings is 1. The van der Waals surface area contributed by atoms with Gasteiger partial charge in [0.25, 0.3) is 0 Å². The van der Waals surface area contributed by atoms with Crippen molar-refractivity contribution in [2.24, 2.45) is 0 Å². The topological polar surface area (TPSA) is 16.1 Å².